The molecule has 2 heterocycles. The Labute approximate surface area is 154 Å². The van der Waals surface area contributed by atoms with E-state index in [0.717, 1.165) is 43.9 Å². The molecule has 1 aromatic carbocycles. The van der Waals surface area contributed by atoms with E-state index in [1.165, 1.54) is 12.1 Å². The highest BCUT2D eigenvalue weighted by Gasteiger charge is 2.27. The molecular formula is C20H27FN4O. The Bertz CT molecular complexity index is 728. The molecule has 1 fully saturated rings. The van der Waals surface area contributed by atoms with Gasteiger partial charge in [-0.3, -0.25) is 9.69 Å². The third-order valence-corrected chi connectivity index (χ3v) is 5.00. The summed E-state index contributed by atoms with van der Waals surface area (Å²) in [6.07, 6.45) is 5.93. The van der Waals surface area contributed by atoms with Gasteiger partial charge in [0.05, 0.1) is 6.54 Å². The monoisotopic (exact) mass is 358 g/mol. The summed E-state index contributed by atoms with van der Waals surface area (Å²) in [4.78, 5) is 21.2. The van der Waals surface area contributed by atoms with Crippen LogP contribution in [0.4, 0.5) is 4.39 Å². The molecule has 140 valence electrons. The third kappa shape index (κ3) is 4.49. The van der Waals surface area contributed by atoms with Crippen molar-refractivity contribution in [3.63, 3.8) is 0 Å². The summed E-state index contributed by atoms with van der Waals surface area (Å²) in [5.41, 5.74) is 1.00. The molecule has 0 bridgehead atoms. The molecule has 1 aliphatic heterocycles. The molecule has 3 rings (SSSR count). The second kappa shape index (κ2) is 8.45. The van der Waals surface area contributed by atoms with Crippen molar-refractivity contribution in [2.75, 3.05) is 26.7 Å². The standard InChI is InChI=1S/C20H27FN4O/c1-3-24-12-10-22-20(24)17-5-4-11-25(14-17)19(26)15-23(2)13-16-6-8-18(21)9-7-16/h6-10,12,17H,3-5,11,13-15H2,1-2H3. The molecule has 1 aliphatic rings. The predicted molar refractivity (Wildman–Crippen MR) is 99.2 cm³/mol. The van der Waals surface area contributed by atoms with Gasteiger partial charge in [0.15, 0.2) is 0 Å². The van der Waals surface area contributed by atoms with Gasteiger partial charge in [0.1, 0.15) is 11.6 Å². The first-order valence-electron chi connectivity index (χ1n) is 9.28. The first-order valence-corrected chi connectivity index (χ1v) is 9.28. The van der Waals surface area contributed by atoms with Crippen molar-refractivity contribution in [3.8, 4) is 0 Å². The van der Waals surface area contributed by atoms with Crippen LogP contribution in [-0.2, 0) is 17.9 Å². The number of carbonyl (C=O) groups is 1. The van der Waals surface area contributed by atoms with E-state index in [-0.39, 0.29) is 11.7 Å². The number of hydrogen-bond acceptors (Lipinski definition) is 3. The van der Waals surface area contributed by atoms with Crippen molar-refractivity contribution in [2.24, 2.45) is 0 Å². The van der Waals surface area contributed by atoms with Crippen LogP contribution in [0.5, 0.6) is 0 Å². The molecular weight excluding hydrogens is 331 g/mol. The van der Waals surface area contributed by atoms with E-state index in [0.29, 0.717) is 19.0 Å². The summed E-state index contributed by atoms with van der Waals surface area (Å²) in [7, 11) is 1.92. The smallest absolute Gasteiger partial charge is 0.236 e. The normalized spacial score (nSPS) is 17.7. The van der Waals surface area contributed by atoms with Gasteiger partial charge in [-0.15, -0.1) is 0 Å². The van der Waals surface area contributed by atoms with Gasteiger partial charge in [0.2, 0.25) is 5.91 Å². The van der Waals surface area contributed by atoms with E-state index < -0.39 is 0 Å². The topological polar surface area (TPSA) is 41.4 Å². The number of amides is 1. The van der Waals surface area contributed by atoms with Crippen molar-refractivity contribution in [2.45, 2.75) is 38.8 Å². The van der Waals surface area contributed by atoms with E-state index in [4.69, 9.17) is 0 Å². The maximum atomic E-state index is 13.0. The lowest BCUT2D eigenvalue weighted by molar-refractivity contribution is -0.133. The van der Waals surface area contributed by atoms with Crippen molar-refractivity contribution in [1.29, 1.82) is 0 Å². The fourth-order valence-corrected chi connectivity index (χ4v) is 3.65. The number of carbonyl (C=O) groups excluding carboxylic acids is 1. The molecule has 1 unspecified atom stereocenters. The number of likely N-dealkylation sites (tertiary alicyclic amines) is 1. The molecule has 1 atom stereocenters. The van der Waals surface area contributed by atoms with Crippen LogP contribution >= 0.6 is 0 Å². The molecule has 5 nitrogen and oxygen atoms in total. The van der Waals surface area contributed by atoms with E-state index in [9.17, 15) is 9.18 Å². The number of benzene rings is 1. The third-order valence-electron chi connectivity index (χ3n) is 5.00. The Morgan fingerprint density at radius 1 is 1.35 bits per heavy atom. The zero-order valence-electron chi connectivity index (χ0n) is 15.6. The molecule has 0 saturated carbocycles. The zero-order valence-corrected chi connectivity index (χ0v) is 15.6. The fourth-order valence-electron chi connectivity index (χ4n) is 3.65. The summed E-state index contributed by atoms with van der Waals surface area (Å²) in [6, 6.07) is 6.43. The fraction of sp³-hybridized carbons (Fsp3) is 0.500. The molecule has 6 heteroatoms. The van der Waals surface area contributed by atoms with Crippen LogP contribution in [-0.4, -0.2) is 51.9 Å². The number of rotatable bonds is 6. The number of imidazole rings is 1. The highest BCUT2D eigenvalue weighted by atomic mass is 19.1. The predicted octanol–water partition coefficient (Wildman–Crippen LogP) is 2.88. The van der Waals surface area contributed by atoms with Gasteiger partial charge in [0.25, 0.3) is 0 Å². The minimum absolute atomic E-state index is 0.147. The van der Waals surface area contributed by atoms with Gasteiger partial charge in [-0.25, -0.2) is 9.37 Å². The Kier molecular flexibility index (Phi) is 6.04. The van der Waals surface area contributed by atoms with Crippen molar-refractivity contribution < 1.29 is 9.18 Å². The van der Waals surface area contributed by atoms with E-state index in [2.05, 4.69) is 16.5 Å². The minimum Gasteiger partial charge on any atom is -0.341 e. The van der Waals surface area contributed by atoms with Gasteiger partial charge < -0.3 is 9.47 Å². The average Bonchev–Trinajstić information content (AvgIpc) is 3.12. The summed E-state index contributed by atoms with van der Waals surface area (Å²) < 4.78 is 15.2. The lowest BCUT2D eigenvalue weighted by Gasteiger charge is -2.33. The van der Waals surface area contributed by atoms with E-state index >= 15 is 0 Å². The average molecular weight is 358 g/mol. The maximum absolute atomic E-state index is 13.0. The van der Waals surface area contributed by atoms with Crippen LogP contribution in [0.2, 0.25) is 0 Å². The molecule has 1 saturated heterocycles. The van der Waals surface area contributed by atoms with Crippen molar-refractivity contribution >= 4 is 5.91 Å². The van der Waals surface area contributed by atoms with Crippen LogP contribution in [0.1, 0.15) is 37.1 Å². The van der Waals surface area contributed by atoms with Gasteiger partial charge in [-0.1, -0.05) is 12.1 Å². The van der Waals surface area contributed by atoms with Crippen LogP contribution in [0.25, 0.3) is 0 Å². The Morgan fingerprint density at radius 2 is 2.12 bits per heavy atom. The summed E-state index contributed by atoms with van der Waals surface area (Å²) in [5.74, 6) is 1.31. The minimum atomic E-state index is -0.239. The number of hydrogen-bond donors (Lipinski definition) is 0. The lowest BCUT2D eigenvalue weighted by atomic mass is 9.97. The van der Waals surface area contributed by atoms with Crippen LogP contribution in [0, 0.1) is 5.82 Å². The maximum Gasteiger partial charge on any atom is 0.236 e. The number of piperidine rings is 1. The number of halogens is 1. The molecule has 0 aliphatic carbocycles. The molecule has 26 heavy (non-hydrogen) atoms. The Hall–Kier alpha value is -2.21. The Morgan fingerprint density at radius 3 is 2.85 bits per heavy atom. The zero-order chi connectivity index (χ0) is 18.5. The summed E-state index contributed by atoms with van der Waals surface area (Å²) in [5, 5.41) is 0. The number of aromatic nitrogens is 2. The molecule has 1 aromatic heterocycles. The molecule has 0 radical (unpaired) electrons. The van der Waals surface area contributed by atoms with Crippen LogP contribution in [0.3, 0.4) is 0 Å². The number of aryl methyl sites for hydroxylation is 1. The van der Waals surface area contributed by atoms with Gasteiger partial charge in [-0.05, 0) is 44.5 Å². The van der Waals surface area contributed by atoms with E-state index in [1.54, 1.807) is 12.1 Å². The second-order valence-corrected chi connectivity index (χ2v) is 7.05. The highest BCUT2D eigenvalue weighted by molar-refractivity contribution is 5.78. The van der Waals surface area contributed by atoms with Gasteiger partial charge in [-0.2, -0.15) is 0 Å². The molecule has 1 amide bonds. The summed E-state index contributed by atoms with van der Waals surface area (Å²) in [6.45, 7) is 5.56. The highest BCUT2D eigenvalue weighted by Crippen LogP contribution is 2.26. The molecule has 0 N–H and O–H groups in total. The first kappa shape index (κ1) is 18.6. The van der Waals surface area contributed by atoms with Crippen molar-refractivity contribution in [1.82, 2.24) is 19.4 Å². The summed E-state index contributed by atoms with van der Waals surface area (Å²) >= 11 is 0. The van der Waals surface area contributed by atoms with Gasteiger partial charge in [0, 0.05) is 44.5 Å². The second-order valence-electron chi connectivity index (χ2n) is 7.05. The number of nitrogens with zero attached hydrogens (tertiary/aromatic N) is 4. The molecule has 2 aromatic rings. The van der Waals surface area contributed by atoms with E-state index in [1.807, 2.05) is 29.2 Å². The van der Waals surface area contributed by atoms with Crippen LogP contribution in [0.15, 0.2) is 36.7 Å². The van der Waals surface area contributed by atoms with Gasteiger partial charge >= 0.3 is 0 Å². The number of likely N-dealkylation sites (N-methyl/N-ethyl adjacent to an activating group) is 1. The van der Waals surface area contributed by atoms with Crippen molar-refractivity contribution in [3.05, 3.63) is 53.9 Å². The Balaban J connectivity index is 1.56. The first-order chi connectivity index (χ1) is 12.6. The quantitative estimate of drug-likeness (QED) is 0.797. The van der Waals surface area contributed by atoms with Crippen LogP contribution < -0.4 is 0 Å². The lowest BCUT2D eigenvalue weighted by Crippen LogP contribution is -2.44. The molecule has 0 spiro atoms. The largest absolute Gasteiger partial charge is 0.341 e. The SMILES string of the molecule is CCn1ccnc1C1CCCN(C(=O)CN(C)Cc2ccc(F)cc2)C1.